The molecule has 1 amide bonds. The van der Waals surface area contributed by atoms with E-state index >= 15 is 0 Å². The predicted molar refractivity (Wildman–Crippen MR) is 157 cm³/mol. The second-order valence-electron chi connectivity index (χ2n) is 9.16. The van der Waals surface area contributed by atoms with E-state index in [1.165, 1.54) is 11.1 Å². The molecule has 0 radical (unpaired) electrons. The van der Waals surface area contributed by atoms with Crippen LogP contribution in [0, 0.1) is 10.5 Å². The average molecular weight is 629 g/mol. The van der Waals surface area contributed by atoms with Crippen molar-refractivity contribution in [2.75, 3.05) is 6.61 Å². The van der Waals surface area contributed by atoms with E-state index in [9.17, 15) is 9.90 Å². The van der Waals surface area contributed by atoms with E-state index in [0.29, 0.717) is 29.3 Å². The van der Waals surface area contributed by atoms with Crippen molar-refractivity contribution in [1.29, 1.82) is 0 Å². The maximum absolute atomic E-state index is 13.1. The van der Waals surface area contributed by atoms with Gasteiger partial charge < -0.3 is 20.2 Å². The lowest BCUT2D eigenvalue weighted by atomic mass is 10.0. The summed E-state index contributed by atoms with van der Waals surface area (Å²) in [6.07, 6.45) is 0.520. The Morgan fingerprint density at radius 3 is 2.46 bits per heavy atom. The van der Waals surface area contributed by atoms with Gasteiger partial charge >= 0.3 is 0 Å². The minimum absolute atomic E-state index is 0.176. The molecule has 0 bridgehead atoms. The Morgan fingerprint density at radius 2 is 1.76 bits per heavy atom. The van der Waals surface area contributed by atoms with Gasteiger partial charge in [-0.2, -0.15) is 0 Å². The zero-order valence-corrected chi connectivity index (χ0v) is 23.7. The standard InChI is InChI=1S/C30H30ClIN2O3/c1-19-3-7-22(8-4-19)20(2)33-17-26-12-14-29(37-26)23-9-13-28(31)27(16-23)30(36)34-25(18-35)15-21-5-10-24(32)11-6-21/h3-14,16,20,25,33,35H,15,17-18H2,1-2H3,(H,34,36). The lowest BCUT2D eigenvalue weighted by Gasteiger charge is -2.17. The predicted octanol–water partition coefficient (Wildman–Crippen LogP) is 6.70. The Bertz CT molecular complexity index is 1340. The number of carbonyl (C=O) groups excluding carboxylic acids is 1. The number of carbonyl (C=O) groups is 1. The Labute approximate surface area is 236 Å². The van der Waals surface area contributed by atoms with E-state index in [0.717, 1.165) is 20.5 Å². The number of aliphatic hydroxyl groups excluding tert-OH is 1. The largest absolute Gasteiger partial charge is 0.460 e. The molecule has 1 heterocycles. The van der Waals surface area contributed by atoms with Crippen LogP contribution in [-0.2, 0) is 13.0 Å². The third kappa shape index (κ3) is 7.45. The van der Waals surface area contributed by atoms with Crippen molar-refractivity contribution >= 4 is 40.1 Å². The van der Waals surface area contributed by atoms with Crippen LogP contribution in [0.2, 0.25) is 5.02 Å². The maximum atomic E-state index is 13.1. The minimum atomic E-state index is -0.427. The van der Waals surface area contributed by atoms with Crippen LogP contribution < -0.4 is 10.6 Å². The molecule has 0 saturated carbocycles. The number of rotatable bonds is 10. The second kappa shape index (κ2) is 12.7. The number of nitrogens with one attached hydrogen (secondary N) is 2. The lowest BCUT2D eigenvalue weighted by molar-refractivity contribution is 0.0916. The number of furan rings is 1. The molecule has 0 fully saturated rings. The van der Waals surface area contributed by atoms with Crippen molar-refractivity contribution in [3.05, 3.63) is 115 Å². The van der Waals surface area contributed by atoms with Gasteiger partial charge in [-0.25, -0.2) is 0 Å². The summed E-state index contributed by atoms with van der Waals surface area (Å²) in [5.41, 5.74) is 4.58. The van der Waals surface area contributed by atoms with Gasteiger partial charge in [0.2, 0.25) is 0 Å². The number of benzene rings is 3. The highest BCUT2D eigenvalue weighted by Crippen LogP contribution is 2.27. The van der Waals surface area contributed by atoms with Crippen LogP contribution in [0.15, 0.2) is 83.3 Å². The molecule has 37 heavy (non-hydrogen) atoms. The molecular formula is C30H30ClIN2O3. The molecule has 0 saturated heterocycles. The highest BCUT2D eigenvalue weighted by Gasteiger charge is 2.18. The Hall–Kier alpha value is -2.65. The topological polar surface area (TPSA) is 74.5 Å². The van der Waals surface area contributed by atoms with Gasteiger partial charge in [0.15, 0.2) is 0 Å². The van der Waals surface area contributed by atoms with Crippen LogP contribution >= 0.6 is 34.2 Å². The summed E-state index contributed by atoms with van der Waals surface area (Å²) in [6, 6.07) is 25.3. The third-order valence-corrected chi connectivity index (χ3v) is 7.32. The normalized spacial score (nSPS) is 12.8. The molecule has 7 heteroatoms. The SMILES string of the molecule is Cc1ccc(C(C)NCc2ccc(-c3ccc(Cl)c(C(=O)NC(CO)Cc4ccc(I)cc4)c3)o2)cc1. The molecule has 0 aliphatic heterocycles. The summed E-state index contributed by atoms with van der Waals surface area (Å²) in [5.74, 6) is 1.12. The Morgan fingerprint density at radius 1 is 1.03 bits per heavy atom. The Kier molecular flexibility index (Phi) is 9.43. The van der Waals surface area contributed by atoms with Crippen molar-refractivity contribution in [1.82, 2.24) is 10.6 Å². The van der Waals surface area contributed by atoms with Crippen molar-refractivity contribution in [2.45, 2.75) is 38.9 Å². The average Bonchev–Trinajstić information content (AvgIpc) is 3.38. The van der Waals surface area contributed by atoms with Gasteiger partial charge in [-0.05, 0) is 96.5 Å². The van der Waals surface area contributed by atoms with Gasteiger partial charge in [0.1, 0.15) is 11.5 Å². The summed E-state index contributed by atoms with van der Waals surface area (Å²) in [6.45, 7) is 4.60. The fourth-order valence-electron chi connectivity index (χ4n) is 4.04. The lowest BCUT2D eigenvalue weighted by Crippen LogP contribution is -2.39. The van der Waals surface area contributed by atoms with Crippen molar-refractivity contribution in [3.8, 4) is 11.3 Å². The van der Waals surface area contributed by atoms with Crippen molar-refractivity contribution < 1.29 is 14.3 Å². The smallest absolute Gasteiger partial charge is 0.253 e. The number of aliphatic hydroxyl groups is 1. The molecular weight excluding hydrogens is 599 g/mol. The summed E-state index contributed by atoms with van der Waals surface area (Å²) in [5, 5.41) is 16.6. The van der Waals surface area contributed by atoms with Crippen molar-refractivity contribution in [3.63, 3.8) is 0 Å². The van der Waals surface area contributed by atoms with Crippen LogP contribution in [0.4, 0.5) is 0 Å². The molecule has 0 spiro atoms. The number of aryl methyl sites for hydroxylation is 1. The molecule has 192 valence electrons. The molecule has 5 nitrogen and oxygen atoms in total. The molecule has 2 unspecified atom stereocenters. The van der Waals surface area contributed by atoms with E-state index in [1.54, 1.807) is 12.1 Å². The number of hydrogen-bond acceptors (Lipinski definition) is 4. The Balaban J connectivity index is 1.41. The molecule has 3 N–H and O–H groups in total. The first-order valence-electron chi connectivity index (χ1n) is 12.2. The molecule has 0 aliphatic carbocycles. The fourth-order valence-corrected chi connectivity index (χ4v) is 4.60. The first kappa shape index (κ1) is 27.4. The number of amides is 1. The van der Waals surface area contributed by atoms with Gasteiger partial charge in [-0.3, -0.25) is 4.79 Å². The van der Waals surface area contributed by atoms with Gasteiger partial charge in [0.25, 0.3) is 5.91 Å². The quantitative estimate of drug-likeness (QED) is 0.171. The van der Waals surface area contributed by atoms with Gasteiger partial charge in [0, 0.05) is 15.2 Å². The fraction of sp³-hybridized carbons (Fsp3) is 0.233. The second-order valence-corrected chi connectivity index (χ2v) is 10.8. The number of halogens is 2. The highest BCUT2D eigenvalue weighted by atomic mass is 127. The molecule has 3 aromatic carbocycles. The van der Waals surface area contributed by atoms with Crippen LogP contribution in [0.25, 0.3) is 11.3 Å². The van der Waals surface area contributed by atoms with Crippen LogP contribution in [0.5, 0.6) is 0 Å². The van der Waals surface area contributed by atoms with E-state index in [2.05, 4.69) is 71.3 Å². The van der Waals surface area contributed by atoms with Crippen LogP contribution in [0.3, 0.4) is 0 Å². The zero-order chi connectivity index (χ0) is 26.4. The molecule has 4 rings (SSSR count). The van der Waals surface area contributed by atoms with Crippen molar-refractivity contribution in [2.24, 2.45) is 0 Å². The molecule has 0 aliphatic rings. The first-order chi connectivity index (χ1) is 17.8. The summed E-state index contributed by atoms with van der Waals surface area (Å²) >= 11 is 8.62. The van der Waals surface area contributed by atoms with E-state index < -0.39 is 6.04 Å². The molecule has 2 atom stereocenters. The monoisotopic (exact) mass is 628 g/mol. The number of hydrogen-bond donors (Lipinski definition) is 3. The minimum Gasteiger partial charge on any atom is -0.460 e. The summed E-state index contributed by atoms with van der Waals surface area (Å²) in [4.78, 5) is 13.1. The van der Waals surface area contributed by atoms with Gasteiger partial charge in [-0.15, -0.1) is 0 Å². The summed E-state index contributed by atoms with van der Waals surface area (Å²) in [7, 11) is 0. The van der Waals surface area contributed by atoms with Crippen LogP contribution in [-0.4, -0.2) is 23.7 Å². The van der Waals surface area contributed by atoms with Gasteiger partial charge in [-0.1, -0.05) is 53.6 Å². The zero-order valence-electron chi connectivity index (χ0n) is 20.8. The first-order valence-corrected chi connectivity index (χ1v) is 13.6. The maximum Gasteiger partial charge on any atom is 0.253 e. The summed E-state index contributed by atoms with van der Waals surface area (Å²) < 4.78 is 7.19. The van der Waals surface area contributed by atoms with E-state index in [-0.39, 0.29) is 18.6 Å². The van der Waals surface area contributed by atoms with E-state index in [1.807, 2.05) is 42.5 Å². The third-order valence-electron chi connectivity index (χ3n) is 6.27. The van der Waals surface area contributed by atoms with Gasteiger partial charge in [0.05, 0.1) is 29.8 Å². The van der Waals surface area contributed by atoms with Crippen LogP contribution in [0.1, 0.15) is 45.8 Å². The van der Waals surface area contributed by atoms with E-state index in [4.69, 9.17) is 16.0 Å². The highest BCUT2D eigenvalue weighted by molar-refractivity contribution is 14.1. The molecule has 1 aromatic heterocycles. The molecule has 4 aromatic rings.